The monoisotopic (exact) mass is 309 g/mol. The van der Waals surface area contributed by atoms with Gasteiger partial charge in [0, 0.05) is 12.6 Å². The van der Waals surface area contributed by atoms with Crippen molar-refractivity contribution in [2.75, 3.05) is 13.7 Å². The number of aryl methyl sites for hydroxylation is 1. The first-order valence-corrected chi connectivity index (χ1v) is 7.46. The molecule has 0 aliphatic rings. The van der Waals surface area contributed by atoms with Gasteiger partial charge in [0.05, 0.1) is 18.7 Å². The summed E-state index contributed by atoms with van der Waals surface area (Å²) in [5, 5.41) is 4.65. The number of hydrogen-bond acceptors (Lipinski definition) is 4. The van der Waals surface area contributed by atoms with Gasteiger partial charge in [0.15, 0.2) is 0 Å². The molecule has 0 aliphatic carbocycles. The summed E-state index contributed by atoms with van der Waals surface area (Å²) in [5.41, 5.74) is 0. The third-order valence-electron chi connectivity index (χ3n) is 3.14. The fourth-order valence-corrected chi connectivity index (χ4v) is 2.21. The van der Waals surface area contributed by atoms with Crippen molar-refractivity contribution in [2.45, 2.75) is 32.2 Å². The molecule has 0 atom stereocenters. The van der Waals surface area contributed by atoms with Crippen molar-refractivity contribution >= 4 is 11.6 Å². The average molecular weight is 310 g/mol. The zero-order chi connectivity index (χ0) is 14.9. The van der Waals surface area contributed by atoms with Crippen LogP contribution in [0.3, 0.4) is 0 Å². The van der Waals surface area contributed by atoms with Crippen LogP contribution >= 0.6 is 11.6 Å². The lowest BCUT2D eigenvalue weighted by Crippen LogP contribution is -2.00. The standard InChI is InChI=1S/C15H20ClN3O2/c1-20-13-6-7-15(14(16)10-13)21-9-5-3-2-4-8-19-12-17-11-18-19/h6-7,10-12H,2-5,8-9H2,1H3. The number of halogens is 1. The van der Waals surface area contributed by atoms with Crippen LogP contribution in [-0.4, -0.2) is 28.5 Å². The summed E-state index contributed by atoms with van der Waals surface area (Å²) in [7, 11) is 1.62. The summed E-state index contributed by atoms with van der Waals surface area (Å²) >= 11 is 6.11. The average Bonchev–Trinajstić information content (AvgIpc) is 3.01. The van der Waals surface area contributed by atoms with Crippen LogP contribution in [-0.2, 0) is 6.54 Å². The van der Waals surface area contributed by atoms with Gasteiger partial charge in [-0.05, 0) is 31.4 Å². The van der Waals surface area contributed by atoms with Crippen LogP contribution in [0, 0.1) is 0 Å². The Balaban J connectivity index is 1.57. The van der Waals surface area contributed by atoms with Crippen LogP contribution in [0.5, 0.6) is 11.5 Å². The normalized spacial score (nSPS) is 10.6. The van der Waals surface area contributed by atoms with Gasteiger partial charge in [0.25, 0.3) is 0 Å². The van der Waals surface area contributed by atoms with E-state index in [1.54, 1.807) is 25.8 Å². The molecular formula is C15H20ClN3O2. The Kier molecular flexibility index (Phi) is 6.34. The topological polar surface area (TPSA) is 49.2 Å². The Labute approximate surface area is 129 Å². The largest absolute Gasteiger partial charge is 0.497 e. The molecule has 6 heteroatoms. The molecule has 0 N–H and O–H groups in total. The maximum Gasteiger partial charge on any atom is 0.138 e. The molecule has 0 saturated heterocycles. The third kappa shape index (κ3) is 5.27. The van der Waals surface area contributed by atoms with Gasteiger partial charge in [-0.1, -0.05) is 18.0 Å². The lowest BCUT2D eigenvalue weighted by molar-refractivity contribution is 0.303. The van der Waals surface area contributed by atoms with Crippen molar-refractivity contribution in [1.29, 1.82) is 0 Å². The van der Waals surface area contributed by atoms with Crippen molar-refractivity contribution in [3.05, 3.63) is 35.9 Å². The van der Waals surface area contributed by atoms with Gasteiger partial charge in [0.2, 0.25) is 0 Å². The van der Waals surface area contributed by atoms with E-state index < -0.39 is 0 Å². The molecule has 5 nitrogen and oxygen atoms in total. The highest BCUT2D eigenvalue weighted by molar-refractivity contribution is 6.32. The lowest BCUT2D eigenvalue weighted by Gasteiger charge is -2.09. The van der Waals surface area contributed by atoms with Crippen LogP contribution in [0.2, 0.25) is 5.02 Å². The van der Waals surface area contributed by atoms with Gasteiger partial charge in [-0.15, -0.1) is 0 Å². The molecule has 0 fully saturated rings. The fraction of sp³-hybridized carbons (Fsp3) is 0.467. The first-order valence-electron chi connectivity index (χ1n) is 7.08. The van der Waals surface area contributed by atoms with E-state index in [4.69, 9.17) is 21.1 Å². The number of hydrogen-bond donors (Lipinski definition) is 0. The Bertz CT molecular complexity index is 532. The molecule has 0 bridgehead atoms. The van der Waals surface area contributed by atoms with Crippen LogP contribution in [0.15, 0.2) is 30.9 Å². The van der Waals surface area contributed by atoms with E-state index in [2.05, 4.69) is 10.1 Å². The first-order chi connectivity index (χ1) is 10.3. The zero-order valence-electron chi connectivity index (χ0n) is 12.2. The second kappa shape index (κ2) is 8.52. The van der Waals surface area contributed by atoms with Crippen LogP contribution in [0.4, 0.5) is 0 Å². The highest BCUT2D eigenvalue weighted by Crippen LogP contribution is 2.28. The highest BCUT2D eigenvalue weighted by atomic mass is 35.5. The van der Waals surface area contributed by atoms with E-state index in [-0.39, 0.29) is 0 Å². The van der Waals surface area contributed by atoms with E-state index in [0.29, 0.717) is 17.4 Å². The van der Waals surface area contributed by atoms with Gasteiger partial charge in [-0.25, -0.2) is 4.98 Å². The summed E-state index contributed by atoms with van der Waals surface area (Å²) < 4.78 is 12.6. The smallest absolute Gasteiger partial charge is 0.138 e. The van der Waals surface area contributed by atoms with Crippen molar-refractivity contribution in [3.63, 3.8) is 0 Å². The molecule has 0 radical (unpaired) electrons. The summed E-state index contributed by atoms with van der Waals surface area (Å²) in [4.78, 5) is 3.92. The van der Waals surface area contributed by atoms with Gasteiger partial charge < -0.3 is 9.47 Å². The lowest BCUT2D eigenvalue weighted by atomic mass is 10.2. The SMILES string of the molecule is COc1ccc(OCCCCCCn2cncn2)c(Cl)c1. The maximum atomic E-state index is 6.11. The fourth-order valence-electron chi connectivity index (χ4n) is 1.99. The predicted octanol–water partition coefficient (Wildman–Crippen LogP) is 3.58. The molecule has 2 aromatic rings. The van der Waals surface area contributed by atoms with Crippen molar-refractivity contribution in [2.24, 2.45) is 0 Å². The number of unbranched alkanes of at least 4 members (excludes halogenated alkanes) is 3. The molecule has 114 valence electrons. The second-order valence-electron chi connectivity index (χ2n) is 4.72. The van der Waals surface area contributed by atoms with Gasteiger partial charge in [-0.3, -0.25) is 4.68 Å². The Morgan fingerprint density at radius 1 is 1.19 bits per heavy atom. The second-order valence-corrected chi connectivity index (χ2v) is 5.12. The minimum atomic E-state index is 0.584. The molecule has 0 unspecified atom stereocenters. The Hall–Kier alpha value is -1.75. The van der Waals surface area contributed by atoms with Gasteiger partial charge in [-0.2, -0.15) is 5.10 Å². The van der Waals surface area contributed by atoms with Crippen molar-refractivity contribution in [1.82, 2.24) is 14.8 Å². The third-order valence-corrected chi connectivity index (χ3v) is 3.44. The number of benzene rings is 1. The van der Waals surface area contributed by atoms with Crippen LogP contribution in [0.1, 0.15) is 25.7 Å². The minimum Gasteiger partial charge on any atom is -0.497 e. The molecule has 0 amide bonds. The molecule has 0 spiro atoms. The first kappa shape index (κ1) is 15.6. The minimum absolute atomic E-state index is 0.584. The molecular weight excluding hydrogens is 290 g/mol. The van der Waals surface area contributed by atoms with E-state index >= 15 is 0 Å². The number of nitrogens with zero attached hydrogens (tertiary/aromatic N) is 3. The molecule has 0 aliphatic heterocycles. The summed E-state index contributed by atoms with van der Waals surface area (Å²) in [5.74, 6) is 1.44. The van der Waals surface area contributed by atoms with E-state index in [1.807, 2.05) is 16.8 Å². The van der Waals surface area contributed by atoms with Crippen LogP contribution < -0.4 is 9.47 Å². The number of rotatable bonds is 9. The quantitative estimate of drug-likeness (QED) is 0.664. The summed E-state index contributed by atoms with van der Waals surface area (Å²) in [6.45, 7) is 1.60. The molecule has 1 heterocycles. The summed E-state index contributed by atoms with van der Waals surface area (Å²) in [6.07, 6.45) is 7.70. The van der Waals surface area contributed by atoms with E-state index in [9.17, 15) is 0 Å². The Morgan fingerprint density at radius 3 is 2.76 bits per heavy atom. The maximum absolute atomic E-state index is 6.11. The molecule has 1 aromatic heterocycles. The van der Waals surface area contributed by atoms with E-state index in [0.717, 1.165) is 38.0 Å². The van der Waals surface area contributed by atoms with Crippen LogP contribution in [0.25, 0.3) is 0 Å². The number of methoxy groups -OCH3 is 1. The predicted molar refractivity (Wildman–Crippen MR) is 82.0 cm³/mol. The van der Waals surface area contributed by atoms with Gasteiger partial charge in [0.1, 0.15) is 24.2 Å². The summed E-state index contributed by atoms with van der Waals surface area (Å²) in [6, 6.07) is 5.44. The zero-order valence-corrected chi connectivity index (χ0v) is 12.9. The molecule has 2 rings (SSSR count). The number of ether oxygens (including phenoxy) is 2. The van der Waals surface area contributed by atoms with Crippen molar-refractivity contribution in [3.8, 4) is 11.5 Å². The molecule has 1 aromatic carbocycles. The highest BCUT2D eigenvalue weighted by Gasteiger charge is 2.03. The van der Waals surface area contributed by atoms with Crippen molar-refractivity contribution < 1.29 is 9.47 Å². The Morgan fingerprint density at radius 2 is 2.05 bits per heavy atom. The molecule has 0 saturated carbocycles. The van der Waals surface area contributed by atoms with E-state index in [1.165, 1.54) is 0 Å². The molecule has 21 heavy (non-hydrogen) atoms. The number of aromatic nitrogens is 3. The van der Waals surface area contributed by atoms with Gasteiger partial charge >= 0.3 is 0 Å².